The summed E-state index contributed by atoms with van der Waals surface area (Å²) in [5.41, 5.74) is 1.86. The standard InChI is InChI=1S/C33H39FN2O4/c1-35(2)17-18-38-28-9-6-10-29(19-28)39-22-26-13-11-24(12-14-26)20-36-21-27-15-16-30(32(34)31(27)33(36)37)40-23-25-7-4-3-5-8-25/h3-10,15-16,19,24,26H,11-14,17-18,20-23H2,1-2H3. The summed E-state index contributed by atoms with van der Waals surface area (Å²) >= 11 is 0. The number of carbonyl (C=O) groups excluding carboxylic acids is 1. The van der Waals surface area contributed by atoms with Gasteiger partial charge in [0.25, 0.3) is 5.91 Å². The molecule has 1 saturated carbocycles. The van der Waals surface area contributed by atoms with Gasteiger partial charge in [0.15, 0.2) is 11.6 Å². The van der Waals surface area contributed by atoms with Crippen molar-refractivity contribution < 1.29 is 23.4 Å². The molecule has 0 saturated heterocycles. The first kappa shape index (κ1) is 28.0. The van der Waals surface area contributed by atoms with Gasteiger partial charge in [0.05, 0.1) is 12.2 Å². The lowest BCUT2D eigenvalue weighted by Gasteiger charge is -2.31. The molecule has 5 rings (SSSR count). The van der Waals surface area contributed by atoms with Gasteiger partial charge in [-0.25, -0.2) is 4.39 Å². The fourth-order valence-corrected chi connectivity index (χ4v) is 5.50. The van der Waals surface area contributed by atoms with Crippen molar-refractivity contribution in [2.24, 2.45) is 11.8 Å². The van der Waals surface area contributed by atoms with E-state index in [4.69, 9.17) is 14.2 Å². The Morgan fingerprint density at radius 2 is 1.60 bits per heavy atom. The van der Waals surface area contributed by atoms with Crippen molar-refractivity contribution in [1.29, 1.82) is 0 Å². The Kier molecular flexibility index (Phi) is 9.22. The van der Waals surface area contributed by atoms with Crippen molar-refractivity contribution in [3.8, 4) is 17.2 Å². The number of nitrogens with zero attached hydrogens (tertiary/aromatic N) is 2. The molecule has 40 heavy (non-hydrogen) atoms. The summed E-state index contributed by atoms with van der Waals surface area (Å²) in [5.74, 6) is 1.92. The molecule has 0 radical (unpaired) electrons. The van der Waals surface area contributed by atoms with Gasteiger partial charge in [-0.05, 0) is 80.9 Å². The molecule has 0 aromatic heterocycles. The van der Waals surface area contributed by atoms with E-state index < -0.39 is 5.82 Å². The highest BCUT2D eigenvalue weighted by Crippen LogP contribution is 2.35. The van der Waals surface area contributed by atoms with Crippen LogP contribution < -0.4 is 14.2 Å². The van der Waals surface area contributed by atoms with Crippen LogP contribution in [-0.4, -0.2) is 56.1 Å². The molecule has 2 aliphatic rings. The summed E-state index contributed by atoms with van der Waals surface area (Å²) in [6, 6.07) is 20.9. The van der Waals surface area contributed by atoms with Gasteiger partial charge in [-0.2, -0.15) is 0 Å². The third-order valence-corrected chi connectivity index (χ3v) is 7.84. The molecule has 0 unspecified atom stereocenters. The van der Waals surface area contributed by atoms with Crippen molar-refractivity contribution in [3.63, 3.8) is 0 Å². The average Bonchev–Trinajstić information content (AvgIpc) is 3.28. The van der Waals surface area contributed by atoms with Crippen LogP contribution in [0.3, 0.4) is 0 Å². The van der Waals surface area contributed by atoms with Crippen molar-refractivity contribution >= 4 is 5.91 Å². The summed E-state index contributed by atoms with van der Waals surface area (Å²) in [5, 5.41) is 0. The number of hydrogen-bond acceptors (Lipinski definition) is 5. The largest absolute Gasteiger partial charge is 0.493 e. The minimum Gasteiger partial charge on any atom is -0.493 e. The van der Waals surface area contributed by atoms with Crippen LogP contribution in [0.5, 0.6) is 17.2 Å². The number of benzene rings is 3. The first-order valence-corrected chi connectivity index (χ1v) is 14.2. The van der Waals surface area contributed by atoms with E-state index in [1.807, 2.05) is 74.8 Å². The topological polar surface area (TPSA) is 51.2 Å². The van der Waals surface area contributed by atoms with Gasteiger partial charge >= 0.3 is 0 Å². The molecule has 1 aliphatic heterocycles. The number of carbonyl (C=O) groups is 1. The van der Waals surface area contributed by atoms with E-state index in [-0.39, 0.29) is 23.8 Å². The number of amides is 1. The molecule has 7 heteroatoms. The predicted octanol–water partition coefficient (Wildman–Crippen LogP) is 6.19. The van der Waals surface area contributed by atoms with E-state index in [1.54, 1.807) is 11.0 Å². The molecule has 212 valence electrons. The zero-order valence-corrected chi connectivity index (χ0v) is 23.5. The van der Waals surface area contributed by atoms with Crippen LogP contribution in [0.1, 0.15) is 47.2 Å². The highest BCUT2D eigenvalue weighted by atomic mass is 19.1. The number of fused-ring (bicyclic) bond motifs is 1. The monoisotopic (exact) mass is 546 g/mol. The lowest BCUT2D eigenvalue weighted by atomic mass is 9.82. The van der Waals surface area contributed by atoms with Crippen molar-refractivity contribution in [2.75, 3.05) is 40.4 Å². The molecule has 0 bridgehead atoms. The van der Waals surface area contributed by atoms with Crippen LogP contribution in [0.4, 0.5) is 4.39 Å². The Labute approximate surface area is 236 Å². The molecule has 0 N–H and O–H groups in total. The van der Waals surface area contributed by atoms with Gasteiger partial charge in [0.1, 0.15) is 24.7 Å². The predicted molar refractivity (Wildman–Crippen MR) is 153 cm³/mol. The van der Waals surface area contributed by atoms with Gasteiger partial charge in [0, 0.05) is 25.7 Å². The molecule has 1 heterocycles. The van der Waals surface area contributed by atoms with Gasteiger partial charge in [0.2, 0.25) is 0 Å². The molecule has 1 fully saturated rings. The Morgan fingerprint density at radius 1 is 0.875 bits per heavy atom. The van der Waals surface area contributed by atoms with E-state index in [9.17, 15) is 4.79 Å². The van der Waals surface area contributed by atoms with Crippen molar-refractivity contribution in [2.45, 2.75) is 38.8 Å². The molecular formula is C33H39FN2O4. The van der Waals surface area contributed by atoms with Gasteiger partial charge in [-0.15, -0.1) is 0 Å². The van der Waals surface area contributed by atoms with Crippen molar-refractivity contribution in [3.05, 3.63) is 89.2 Å². The average molecular weight is 547 g/mol. The number of halogens is 1. The minimum atomic E-state index is -0.547. The fourth-order valence-electron chi connectivity index (χ4n) is 5.50. The molecule has 6 nitrogen and oxygen atoms in total. The van der Waals surface area contributed by atoms with E-state index in [0.717, 1.165) is 54.9 Å². The maximum absolute atomic E-state index is 15.3. The highest BCUT2D eigenvalue weighted by Gasteiger charge is 2.34. The molecule has 3 aromatic carbocycles. The molecule has 1 aliphatic carbocycles. The van der Waals surface area contributed by atoms with E-state index in [0.29, 0.717) is 38.1 Å². The van der Waals surface area contributed by atoms with Crippen molar-refractivity contribution in [1.82, 2.24) is 9.80 Å². The van der Waals surface area contributed by atoms with Crippen LogP contribution in [0, 0.1) is 17.7 Å². The molecule has 0 spiro atoms. The Bertz CT molecular complexity index is 1270. The maximum Gasteiger partial charge on any atom is 0.257 e. The quantitative estimate of drug-likeness (QED) is 0.271. The second-order valence-corrected chi connectivity index (χ2v) is 11.2. The van der Waals surface area contributed by atoms with E-state index in [2.05, 4.69) is 4.90 Å². The summed E-state index contributed by atoms with van der Waals surface area (Å²) in [7, 11) is 4.05. The van der Waals surface area contributed by atoms with Crippen LogP contribution in [-0.2, 0) is 13.2 Å². The van der Waals surface area contributed by atoms with Crippen LogP contribution in [0.25, 0.3) is 0 Å². The van der Waals surface area contributed by atoms with E-state index >= 15 is 4.39 Å². The second kappa shape index (κ2) is 13.2. The van der Waals surface area contributed by atoms with Crippen LogP contribution in [0.2, 0.25) is 0 Å². The summed E-state index contributed by atoms with van der Waals surface area (Å²) in [6.45, 7) is 3.56. The Hall–Kier alpha value is -3.58. The molecular weight excluding hydrogens is 507 g/mol. The third kappa shape index (κ3) is 7.13. The zero-order valence-electron chi connectivity index (χ0n) is 23.5. The summed E-state index contributed by atoms with van der Waals surface area (Å²) < 4.78 is 32.9. The summed E-state index contributed by atoms with van der Waals surface area (Å²) in [6.07, 6.45) is 4.19. The third-order valence-electron chi connectivity index (χ3n) is 7.84. The zero-order chi connectivity index (χ0) is 27.9. The summed E-state index contributed by atoms with van der Waals surface area (Å²) in [4.78, 5) is 17.1. The lowest BCUT2D eigenvalue weighted by Crippen LogP contribution is -2.32. The number of rotatable bonds is 12. The van der Waals surface area contributed by atoms with Gasteiger partial charge in [-0.3, -0.25) is 4.79 Å². The molecule has 0 atom stereocenters. The number of ether oxygens (including phenoxy) is 3. The first-order chi connectivity index (χ1) is 19.5. The Balaban J connectivity index is 1.07. The normalized spacial score (nSPS) is 18.6. The van der Waals surface area contributed by atoms with E-state index in [1.165, 1.54) is 0 Å². The fraction of sp³-hybridized carbons (Fsp3) is 0.424. The maximum atomic E-state index is 15.3. The van der Waals surface area contributed by atoms with Gasteiger partial charge < -0.3 is 24.0 Å². The first-order valence-electron chi connectivity index (χ1n) is 14.2. The molecule has 3 aromatic rings. The Morgan fingerprint density at radius 3 is 2.35 bits per heavy atom. The van der Waals surface area contributed by atoms with Crippen LogP contribution in [0.15, 0.2) is 66.7 Å². The second-order valence-electron chi connectivity index (χ2n) is 11.2. The number of likely N-dealkylation sites (N-methyl/N-ethyl adjacent to an activating group) is 1. The molecule has 1 amide bonds. The SMILES string of the molecule is CN(C)CCOc1cccc(OCC2CCC(CN3Cc4ccc(OCc5ccccc5)c(F)c4C3=O)CC2)c1. The highest BCUT2D eigenvalue weighted by molar-refractivity contribution is 5.99. The smallest absolute Gasteiger partial charge is 0.257 e. The lowest BCUT2D eigenvalue weighted by molar-refractivity contribution is 0.0717. The minimum absolute atomic E-state index is 0.129. The number of hydrogen-bond donors (Lipinski definition) is 0. The van der Waals surface area contributed by atoms with Crippen LogP contribution >= 0.6 is 0 Å². The van der Waals surface area contributed by atoms with Gasteiger partial charge in [-0.1, -0.05) is 42.5 Å².